The highest BCUT2D eigenvalue weighted by molar-refractivity contribution is 5.46. The molecule has 0 aliphatic heterocycles. The van der Waals surface area contributed by atoms with Gasteiger partial charge in [0, 0.05) is 19.3 Å². The molecule has 2 aromatic rings. The van der Waals surface area contributed by atoms with Crippen molar-refractivity contribution in [2.75, 3.05) is 25.0 Å². The maximum atomic E-state index is 3.48. The molecule has 0 spiro atoms. The third-order valence-corrected chi connectivity index (χ3v) is 3.72. The van der Waals surface area contributed by atoms with Crippen LogP contribution < -0.4 is 10.2 Å². The van der Waals surface area contributed by atoms with Crippen LogP contribution in [0.5, 0.6) is 0 Å². The topological polar surface area (TPSA) is 15.3 Å². The quantitative estimate of drug-likeness (QED) is 0.740. The predicted octanol–water partition coefficient (Wildman–Crippen LogP) is 3.87. The molecule has 0 aliphatic carbocycles. The maximum Gasteiger partial charge on any atom is 0.0428 e. The third-order valence-electron chi connectivity index (χ3n) is 3.72. The van der Waals surface area contributed by atoms with Crippen LogP contribution in [0.15, 0.2) is 54.6 Å². The Balaban J connectivity index is 1.99. The molecule has 0 saturated heterocycles. The van der Waals surface area contributed by atoms with Crippen molar-refractivity contribution in [2.24, 2.45) is 0 Å². The van der Waals surface area contributed by atoms with Crippen LogP contribution in [0.1, 0.15) is 24.5 Å². The van der Waals surface area contributed by atoms with Crippen molar-refractivity contribution < 1.29 is 0 Å². The van der Waals surface area contributed by atoms with Gasteiger partial charge in [-0.3, -0.25) is 0 Å². The molecule has 0 saturated carbocycles. The van der Waals surface area contributed by atoms with Gasteiger partial charge in [0.05, 0.1) is 0 Å². The van der Waals surface area contributed by atoms with Gasteiger partial charge in [0.1, 0.15) is 0 Å². The standard InChI is InChI=1S/C19H26N2/c1-3-14-20-15-13-17-9-7-8-10-18(17)16-21(2)19-11-5-4-6-12-19/h4-12,20H,3,13-16H2,1-2H3. The number of para-hydroxylation sites is 1. The lowest BCUT2D eigenvalue weighted by molar-refractivity contribution is 0.668. The summed E-state index contributed by atoms with van der Waals surface area (Å²) in [6.07, 6.45) is 2.29. The number of anilines is 1. The van der Waals surface area contributed by atoms with E-state index in [-0.39, 0.29) is 0 Å². The SMILES string of the molecule is CCCNCCc1ccccc1CN(C)c1ccccc1. The van der Waals surface area contributed by atoms with Crippen molar-refractivity contribution in [1.82, 2.24) is 5.32 Å². The molecule has 0 atom stereocenters. The zero-order valence-corrected chi connectivity index (χ0v) is 13.2. The molecule has 0 bridgehead atoms. The maximum absolute atomic E-state index is 3.48. The fourth-order valence-electron chi connectivity index (χ4n) is 2.51. The van der Waals surface area contributed by atoms with E-state index < -0.39 is 0 Å². The second-order valence-corrected chi connectivity index (χ2v) is 5.46. The highest BCUT2D eigenvalue weighted by atomic mass is 15.1. The minimum absolute atomic E-state index is 0.952. The molecular formula is C19H26N2. The Morgan fingerprint density at radius 3 is 2.24 bits per heavy atom. The van der Waals surface area contributed by atoms with E-state index in [0.29, 0.717) is 0 Å². The summed E-state index contributed by atoms with van der Waals surface area (Å²) >= 11 is 0. The summed E-state index contributed by atoms with van der Waals surface area (Å²) in [5.74, 6) is 0. The van der Waals surface area contributed by atoms with E-state index in [1.54, 1.807) is 0 Å². The van der Waals surface area contributed by atoms with Gasteiger partial charge in [0.25, 0.3) is 0 Å². The normalized spacial score (nSPS) is 10.6. The van der Waals surface area contributed by atoms with E-state index >= 15 is 0 Å². The summed E-state index contributed by atoms with van der Waals surface area (Å²) in [6, 6.07) is 19.3. The summed E-state index contributed by atoms with van der Waals surface area (Å²) in [7, 11) is 2.15. The fourth-order valence-corrected chi connectivity index (χ4v) is 2.51. The molecular weight excluding hydrogens is 256 g/mol. The summed E-state index contributed by atoms with van der Waals surface area (Å²) in [6.45, 7) is 5.32. The first kappa shape index (κ1) is 15.6. The average Bonchev–Trinajstić information content (AvgIpc) is 2.54. The Kier molecular flexibility index (Phi) is 6.29. The van der Waals surface area contributed by atoms with Crippen molar-refractivity contribution in [3.63, 3.8) is 0 Å². The first-order chi connectivity index (χ1) is 10.3. The second-order valence-electron chi connectivity index (χ2n) is 5.46. The summed E-state index contributed by atoms with van der Waals surface area (Å²) in [5, 5.41) is 3.48. The summed E-state index contributed by atoms with van der Waals surface area (Å²) in [5.41, 5.74) is 4.13. The molecule has 2 heteroatoms. The highest BCUT2D eigenvalue weighted by Gasteiger charge is 2.05. The molecule has 0 aromatic heterocycles. The fraction of sp³-hybridized carbons (Fsp3) is 0.368. The molecule has 21 heavy (non-hydrogen) atoms. The molecule has 0 fully saturated rings. The average molecular weight is 282 g/mol. The molecule has 0 unspecified atom stereocenters. The van der Waals surface area contributed by atoms with Gasteiger partial charge in [0.15, 0.2) is 0 Å². The van der Waals surface area contributed by atoms with Crippen LogP contribution in [-0.2, 0) is 13.0 Å². The molecule has 112 valence electrons. The van der Waals surface area contributed by atoms with Crippen LogP contribution in [0.4, 0.5) is 5.69 Å². The molecule has 1 N–H and O–H groups in total. The van der Waals surface area contributed by atoms with Crippen LogP contribution in [0.25, 0.3) is 0 Å². The predicted molar refractivity (Wildman–Crippen MR) is 91.9 cm³/mol. The smallest absolute Gasteiger partial charge is 0.0428 e. The van der Waals surface area contributed by atoms with Gasteiger partial charge in [0.2, 0.25) is 0 Å². The van der Waals surface area contributed by atoms with Crippen molar-refractivity contribution >= 4 is 5.69 Å². The van der Waals surface area contributed by atoms with Crippen molar-refractivity contribution in [3.05, 3.63) is 65.7 Å². The van der Waals surface area contributed by atoms with Gasteiger partial charge in [-0.05, 0) is 49.2 Å². The Bertz CT molecular complexity index is 522. The number of hydrogen-bond donors (Lipinski definition) is 1. The number of hydrogen-bond acceptors (Lipinski definition) is 2. The first-order valence-electron chi connectivity index (χ1n) is 7.85. The summed E-state index contributed by atoms with van der Waals surface area (Å²) in [4.78, 5) is 2.30. The lowest BCUT2D eigenvalue weighted by atomic mass is 10.0. The first-order valence-corrected chi connectivity index (χ1v) is 7.85. The van der Waals surface area contributed by atoms with Crippen LogP contribution in [0, 0.1) is 0 Å². The third kappa shape index (κ3) is 4.91. The lowest BCUT2D eigenvalue weighted by Gasteiger charge is -2.21. The van der Waals surface area contributed by atoms with Gasteiger partial charge in [-0.2, -0.15) is 0 Å². The van der Waals surface area contributed by atoms with E-state index in [0.717, 1.165) is 26.1 Å². The molecule has 2 rings (SSSR count). The van der Waals surface area contributed by atoms with E-state index in [1.807, 2.05) is 0 Å². The van der Waals surface area contributed by atoms with E-state index in [9.17, 15) is 0 Å². The lowest BCUT2D eigenvalue weighted by Crippen LogP contribution is -2.20. The van der Waals surface area contributed by atoms with Crippen LogP contribution in [0.2, 0.25) is 0 Å². The minimum atomic E-state index is 0.952. The monoisotopic (exact) mass is 282 g/mol. The zero-order chi connectivity index (χ0) is 14.9. The van der Waals surface area contributed by atoms with Gasteiger partial charge in [-0.15, -0.1) is 0 Å². The number of nitrogens with one attached hydrogen (secondary N) is 1. The van der Waals surface area contributed by atoms with Gasteiger partial charge in [-0.25, -0.2) is 0 Å². The molecule has 0 aliphatic rings. The van der Waals surface area contributed by atoms with Crippen molar-refractivity contribution in [3.8, 4) is 0 Å². The highest BCUT2D eigenvalue weighted by Crippen LogP contribution is 2.17. The van der Waals surface area contributed by atoms with E-state index in [1.165, 1.54) is 23.2 Å². The van der Waals surface area contributed by atoms with Gasteiger partial charge < -0.3 is 10.2 Å². The molecule has 0 radical (unpaired) electrons. The van der Waals surface area contributed by atoms with E-state index in [2.05, 4.69) is 78.8 Å². The molecule has 2 aromatic carbocycles. The molecule has 0 heterocycles. The Morgan fingerprint density at radius 1 is 0.857 bits per heavy atom. The summed E-state index contributed by atoms with van der Waals surface area (Å²) < 4.78 is 0. The van der Waals surface area contributed by atoms with Gasteiger partial charge in [-0.1, -0.05) is 49.4 Å². The number of nitrogens with zero attached hydrogens (tertiary/aromatic N) is 1. The second kappa shape index (κ2) is 8.48. The largest absolute Gasteiger partial charge is 0.370 e. The van der Waals surface area contributed by atoms with Crippen molar-refractivity contribution in [1.29, 1.82) is 0 Å². The Hall–Kier alpha value is -1.80. The minimum Gasteiger partial charge on any atom is -0.370 e. The van der Waals surface area contributed by atoms with E-state index in [4.69, 9.17) is 0 Å². The molecule has 2 nitrogen and oxygen atoms in total. The van der Waals surface area contributed by atoms with Crippen molar-refractivity contribution in [2.45, 2.75) is 26.3 Å². The van der Waals surface area contributed by atoms with Crippen LogP contribution >= 0.6 is 0 Å². The van der Waals surface area contributed by atoms with Gasteiger partial charge >= 0.3 is 0 Å². The Morgan fingerprint density at radius 2 is 1.52 bits per heavy atom. The number of rotatable bonds is 8. The van der Waals surface area contributed by atoms with Crippen LogP contribution in [0.3, 0.4) is 0 Å². The Labute approximate surface area is 128 Å². The van der Waals surface area contributed by atoms with Crippen LogP contribution in [-0.4, -0.2) is 20.1 Å². The number of benzene rings is 2. The molecule has 0 amide bonds. The zero-order valence-electron chi connectivity index (χ0n) is 13.2.